The van der Waals surface area contributed by atoms with Gasteiger partial charge in [0.15, 0.2) is 5.11 Å². The van der Waals surface area contributed by atoms with Gasteiger partial charge in [0.1, 0.15) is 11.5 Å². The Kier molecular flexibility index (Phi) is 9.41. The van der Waals surface area contributed by atoms with E-state index in [1.807, 2.05) is 37.3 Å². The number of benzene rings is 2. The van der Waals surface area contributed by atoms with Gasteiger partial charge in [-0.05, 0) is 62.3 Å². The number of nitrogens with one attached hydrogen (secondary N) is 2. The number of amides is 1. The molecule has 29 heavy (non-hydrogen) atoms. The van der Waals surface area contributed by atoms with Gasteiger partial charge >= 0.3 is 0 Å². The lowest BCUT2D eigenvalue weighted by Crippen LogP contribution is -2.34. The summed E-state index contributed by atoms with van der Waals surface area (Å²) in [4.78, 5) is 12.7. The highest BCUT2D eigenvalue weighted by atomic mass is 79.9. The lowest BCUT2D eigenvalue weighted by Gasteiger charge is -2.15. The number of carbonyl (C=O) groups is 1. The number of hydrogen-bond donors (Lipinski definition) is 2. The molecule has 2 N–H and O–H groups in total. The fourth-order valence-corrected chi connectivity index (χ4v) is 3.00. The summed E-state index contributed by atoms with van der Waals surface area (Å²) in [5.41, 5.74) is 1.17. The molecule has 0 radical (unpaired) electrons. The molecule has 2 aromatic carbocycles. The van der Waals surface area contributed by atoms with E-state index < -0.39 is 0 Å². The molecule has 0 spiro atoms. The van der Waals surface area contributed by atoms with Crippen molar-refractivity contribution >= 4 is 44.9 Å². The van der Waals surface area contributed by atoms with Gasteiger partial charge in [-0.1, -0.05) is 42.3 Å². The van der Waals surface area contributed by atoms with E-state index in [1.54, 1.807) is 12.1 Å². The number of anilines is 1. The summed E-state index contributed by atoms with van der Waals surface area (Å²) in [5.74, 6) is 0.949. The van der Waals surface area contributed by atoms with Crippen LogP contribution in [0.5, 0.6) is 11.5 Å². The maximum Gasteiger partial charge on any atom is 0.261 e. The molecule has 7 heteroatoms. The first kappa shape index (κ1) is 23.2. The Morgan fingerprint density at radius 1 is 1.21 bits per heavy atom. The molecule has 0 aliphatic carbocycles. The van der Waals surface area contributed by atoms with E-state index in [4.69, 9.17) is 21.7 Å². The van der Waals surface area contributed by atoms with Gasteiger partial charge in [-0.3, -0.25) is 10.1 Å². The zero-order chi connectivity index (χ0) is 21.2. The van der Waals surface area contributed by atoms with Crippen molar-refractivity contribution in [2.24, 2.45) is 0 Å². The lowest BCUT2D eigenvalue weighted by atomic mass is 10.2. The van der Waals surface area contributed by atoms with E-state index >= 15 is 0 Å². The molecule has 1 unspecified atom stereocenters. The zero-order valence-corrected chi connectivity index (χ0v) is 19.4. The van der Waals surface area contributed by atoms with Gasteiger partial charge in [0, 0.05) is 16.2 Å². The van der Waals surface area contributed by atoms with Crippen LogP contribution in [0.15, 0.2) is 46.9 Å². The number of ether oxygens (including phenoxy) is 2. The third kappa shape index (κ3) is 7.66. The second-order valence-corrected chi connectivity index (χ2v) is 7.94. The Labute approximate surface area is 186 Å². The third-order valence-corrected chi connectivity index (χ3v) is 4.87. The minimum absolute atomic E-state index is 0.125. The molecule has 0 heterocycles. The van der Waals surface area contributed by atoms with Crippen LogP contribution in [0.1, 0.15) is 50.4 Å². The molecule has 0 aliphatic rings. The summed E-state index contributed by atoms with van der Waals surface area (Å²) in [7, 11) is 0. The van der Waals surface area contributed by atoms with Gasteiger partial charge < -0.3 is 14.8 Å². The number of rotatable bonds is 9. The van der Waals surface area contributed by atoms with E-state index in [1.165, 1.54) is 0 Å². The molecule has 5 nitrogen and oxygen atoms in total. The van der Waals surface area contributed by atoms with Crippen molar-refractivity contribution in [2.45, 2.75) is 46.1 Å². The number of thiocarbonyl (C=S) groups is 1. The molecule has 1 amide bonds. The molecule has 156 valence electrons. The Bertz CT molecular complexity index is 845. The van der Waals surface area contributed by atoms with Crippen molar-refractivity contribution in [2.75, 3.05) is 11.9 Å². The molecule has 0 aliphatic heterocycles. The van der Waals surface area contributed by atoms with Crippen LogP contribution in [0.2, 0.25) is 0 Å². The third-order valence-electron chi connectivity index (χ3n) is 4.17. The summed E-state index contributed by atoms with van der Waals surface area (Å²) >= 11 is 8.71. The van der Waals surface area contributed by atoms with Crippen LogP contribution >= 0.6 is 28.1 Å². The molecule has 0 saturated carbocycles. The lowest BCUT2D eigenvalue weighted by molar-refractivity contribution is 0.0973. The Balaban J connectivity index is 2.03. The fourth-order valence-electron chi connectivity index (χ4n) is 2.43. The second-order valence-electron chi connectivity index (χ2n) is 6.62. The first-order chi connectivity index (χ1) is 13.9. The Morgan fingerprint density at radius 3 is 2.72 bits per heavy atom. The summed E-state index contributed by atoms with van der Waals surface area (Å²) in [6, 6.07) is 12.8. The van der Waals surface area contributed by atoms with E-state index in [0.29, 0.717) is 17.9 Å². The summed E-state index contributed by atoms with van der Waals surface area (Å²) in [6.07, 6.45) is 2.99. The van der Waals surface area contributed by atoms with Crippen LogP contribution in [-0.4, -0.2) is 23.7 Å². The normalized spacial score (nSPS) is 11.4. The molecular formula is C22H27BrN2O3S. The van der Waals surface area contributed by atoms with Crippen LogP contribution in [0.3, 0.4) is 0 Å². The van der Waals surface area contributed by atoms with Crippen molar-refractivity contribution in [3.8, 4) is 11.5 Å². The molecule has 2 rings (SSSR count). The molecule has 0 aromatic heterocycles. The highest BCUT2D eigenvalue weighted by Gasteiger charge is 2.15. The monoisotopic (exact) mass is 478 g/mol. The number of carbonyl (C=O) groups excluding carboxylic acids is 1. The molecular weight excluding hydrogens is 452 g/mol. The van der Waals surface area contributed by atoms with E-state index in [2.05, 4.69) is 40.4 Å². The quantitative estimate of drug-likeness (QED) is 0.345. The molecule has 2 aromatic rings. The van der Waals surface area contributed by atoms with Crippen LogP contribution in [0.25, 0.3) is 0 Å². The van der Waals surface area contributed by atoms with Crippen molar-refractivity contribution in [1.82, 2.24) is 5.32 Å². The average Bonchev–Trinajstić information content (AvgIpc) is 2.69. The molecule has 0 fully saturated rings. The van der Waals surface area contributed by atoms with Gasteiger partial charge in [-0.25, -0.2) is 0 Å². The Hall–Kier alpha value is -2.12. The number of hydrogen-bond acceptors (Lipinski definition) is 4. The average molecular weight is 479 g/mol. The highest BCUT2D eigenvalue weighted by molar-refractivity contribution is 9.10. The standard InChI is InChI=1S/C22H27BrN2O3S/c1-4-6-12-27-20-11-10-16(23)13-19(20)21(26)25-22(29)24-17-8-7-9-18(14-17)28-15(3)5-2/h7-11,13-15H,4-6,12H2,1-3H3,(H2,24,25,26,29). The topological polar surface area (TPSA) is 59.6 Å². The second kappa shape index (κ2) is 11.8. The van der Waals surface area contributed by atoms with Crippen LogP contribution in [-0.2, 0) is 0 Å². The van der Waals surface area contributed by atoms with Crippen molar-refractivity contribution in [3.05, 3.63) is 52.5 Å². The van der Waals surface area contributed by atoms with Gasteiger partial charge in [0.05, 0.1) is 18.3 Å². The minimum Gasteiger partial charge on any atom is -0.493 e. The van der Waals surface area contributed by atoms with E-state index in [-0.39, 0.29) is 17.1 Å². The molecule has 0 saturated heterocycles. The zero-order valence-electron chi connectivity index (χ0n) is 17.0. The smallest absolute Gasteiger partial charge is 0.261 e. The minimum atomic E-state index is -0.331. The van der Waals surface area contributed by atoms with Crippen LogP contribution in [0.4, 0.5) is 5.69 Å². The van der Waals surface area contributed by atoms with E-state index in [0.717, 1.165) is 35.2 Å². The first-order valence-electron chi connectivity index (χ1n) is 9.74. The highest BCUT2D eigenvalue weighted by Crippen LogP contribution is 2.24. The van der Waals surface area contributed by atoms with Crippen LogP contribution < -0.4 is 20.1 Å². The van der Waals surface area contributed by atoms with Gasteiger partial charge in [0.25, 0.3) is 5.91 Å². The van der Waals surface area contributed by atoms with Crippen LogP contribution in [0, 0.1) is 0 Å². The van der Waals surface area contributed by atoms with Gasteiger partial charge in [-0.15, -0.1) is 0 Å². The molecule has 0 bridgehead atoms. The van der Waals surface area contributed by atoms with Gasteiger partial charge in [-0.2, -0.15) is 0 Å². The largest absolute Gasteiger partial charge is 0.493 e. The van der Waals surface area contributed by atoms with Crippen molar-refractivity contribution < 1.29 is 14.3 Å². The first-order valence-corrected chi connectivity index (χ1v) is 10.9. The number of halogens is 1. The van der Waals surface area contributed by atoms with Crippen molar-refractivity contribution in [3.63, 3.8) is 0 Å². The summed E-state index contributed by atoms with van der Waals surface area (Å²) < 4.78 is 12.4. The Morgan fingerprint density at radius 2 is 2.00 bits per heavy atom. The predicted octanol–water partition coefficient (Wildman–Crippen LogP) is 5.93. The SMILES string of the molecule is CCCCOc1ccc(Br)cc1C(=O)NC(=S)Nc1cccc(OC(C)CC)c1. The predicted molar refractivity (Wildman–Crippen MR) is 125 cm³/mol. The number of unbranched alkanes of at least 4 members (excludes halogenated alkanes) is 1. The summed E-state index contributed by atoms with van der Waals surface area (Å²) in [5, 5.41) is 5.95. The maximum absolute atomic E-state index is 12.7. The van der Waals surface area contributed by atoms with E-state index in [9.17, 15) is 4.79 Å². The summed E-state index contributed by atoms with van der Waals surface area (Å²) in [6.45, 7) is 6.73. The van der Waals surface area contributed by atoms with Crippen molar-refractivity contribution in [1.29, 1.82) is 0 Å². The van der Waals surface area contributed by atoms with Gasteiger partial charge in [0.2, 0.25) is 0 Å². The fraction of sp³-hybridized carbons (Fsp3) is 0.364. The molecule has 1 atom stereocenters. The maximum atomic E-state index is 12.7.